The number of aliphatic hydroxyl groups excluding tert-OH is 1. The van der Waals surface area contributed by atoms with Crippen molar-refractivity contribution in [2.45, 2.75) is 32.7 Å². The Hall–Kier alpha value is -0.610. The fraction of sp³-hybridized carbons (Fsp3) is 0.917. The number of piperidine rings is 1. The van der Waals surface area contributed by atoms with Gasteiger partial charge in [-0.3, -0.25) is 4.79 Å². The van der Waals surface area contributed by atoms with Crippen molar-refractivity contribution < 1.29 is 9.90 Å². The van der Waals surface area contributed by atoms with Crippen molar-refractivity contribution in [3.05, 3.63) is 0 Å². The van der Waals surface area contributed by atoms with E-state index >= 15 is 0 Å². The Bertz CT molecular complexity index is 231. The molecule has 1 fully saturated rings. The van der Waals surface area contributed by atoms with Crippen LogP contribution in [-0.2, 0) is 4.79 Å². The third-order valence-corrected chi connectivity index (χ3v) is 3.29. The highest BCUT2D eigenvalue weighted by Crippen LogP contribution is 2.21. The number of aliphatic hydroxyl groups is 1. The Labute approximate surface area is 98.0 Å². The van der Waals surface area contributed by atoms with Crippen molar-refractivity contribution >= 4 is 5.91 Å². The van der Waals surface area contributed by atoms with E-state index in [1.165, 1.54) is 0 Å². The van der Waals surface area contributed by atoms with E-state index in [0.29, 0.717) is 12.0 Å². The molecule has 4 nitrogen and oxygen atoms in total. The smallest absolute Gasteiger partial charge is 0.225 e. The average Bonchev–Trinajstić information content (AvgIpc) is 2.27. The van der Waals surface area contributed by atoms with Crippen LogP contribution in [0.3, 0.4) is 0 Å². The van der Waals surface area contributed by atoms with Crippen molar-refractivity contribution in [2.24, 2.45) is 11.8 Å². The molecular weight excluding hydrogens is 204 g/mol. The maximum atomic E-state index is 11.9. The molecule has 0 saturated carbocycles. The predicted molar refractivity (Wildman–Crippen MR) is 64.1 cm³/mol. The molecule has 0 spiro atoms. The van der Waals surface area contributed by atoms with Gasteiger partial charge in [0.1, 0.15) is 0 Å². The first-order valence-corrected chi connectivity index (χ1v) is 6.15. The number of nitrogens with one attached hydrogen (secondary N) is 1. The second-order valence-corrected chi connectivity index (χ2v) is 5.00. The third kappa shape index (κ3) is 3.46. The van der Waals surface area contributed by atoms with E-state index in [1.54, 1.807) is 0 Å². The number of amides is 1. The Balaban J connectivity index is 2.60. The van der Waals surface area contributed by atoms with Crippen LogP contribution >= 0.6 is 0 Å². The first-order valence-electron chi connectivity index (χ1n) is 6.15. The topological polar surface area (TPSA) is 52.6 Å². The van der Waals surface area contributed by atoms with Crippen molar-refractivity contribution in [1.82, 2.24) is 10.2 Å². The summed E-state index contributed by atoms with van der Waals surface area (Å²) in [6.07, 6.45) is 1.85. The molecule has 0 aliphatic carbocycles. The highest BCUT2D eigenvalue weighted by molar-refractivity contribution is 5.78. The van der Waals surface area contributed by atoms with Crippen LogP contribution in [0.15, 0.2) is 0 Å². The minimum absolute atomic E-state index is 0.0605. The van der Waals surface area contributed by atoms with Crippen molar-refractivity contribution in [3.8, 4) is 0 Å². The molecule has 1 saturated heterocycles. The van der Waals surface area contributed by atoms with Gasteiger partial charge in [-0.2, -0.15) is 0 Å². The van der Waals surface area contributed by atoms with Crippen LogP contribution in [0, 0.1) is 11.8 Å². The SMILES string of the molecule is CNC1CC(CCO)CN(C(=O)C(C)C)C1. The van der Waals surface area contributed by atoms with Gasteiger partial charge >= 0.3 is 0 Å². The quantitative estimate of drug-likeness (QED) is 0.735. The molecule has 1 amide bonds. The number of carbonyl (C=O) groups excluding carboxylic acids is 1. The number of carbonyl (C=O) groups is 1. The van der Waals surface area contributed by atoms with Gasteiger partial charge in [-0.15, -0.1) is 0 Å². The van der Waals surface area contributed by atoms with E-state index in [0.717, 1.165) is 25.9 Å². The van der Waals surface area contributed by atoms with Crippen molar-refractivity contribution in [2.75, 3.05) is 26.7 Å². The Morgan fingerprint density at radius 2 is 2.19 bits per heavy atom. The third-order valence-electron chi connectivity index (χ3n) is 3.29. The first-order chi connectivity index (χ1) is 7.58. The predicted octanol–water partition coefficient (Wildman–Crippen LogP) is 0.461. The number of likely N-dealkylation sites (N-methyl/N-ethyl adjacent to an activating group) is 1. The molecular formula is C12H24N2O2. The number of likely N-dealkylation sites (tertiary alicyclic amines) is 1. The molecule has 2 N–H and O–H groups in total. The lowest BCUT2D eigenvalue weighted by atomic mass is 9.91. The second kappa shape index (κ2) is 6.21. The minimum Gasteiger partial charge on any atom is -0.396 e. The maximum Gasteiger partial charge on any atom is 0.225 e. The van der Waals surface area contributed by atoms with Crippen molar-refractivity contribution in [3.63, 3.8) is 0 Å². The largest absolute Gasteiger partial charge is 0.396 e. The lowest BCUT2D eigenvalue weighted by Crippen LogP contribution is -2.51. The van der Waals surface area contributed by atoms with Crippen LogP contribution in [0.5, 0.6) is 0 Å². The number of rotatable bonds is 4. The van der Waals surface area contributed by atoms with Crippen LogP contribution in [0.25, 0.3) is 0 Å². The molecule has 2 unspecified atom stereocenters. The zero-order valence-corrected chi connectivity index (χ0v) is 10.6. The summed E-state index contributed by atoms with van der Waals surface area (Å²) in [6.45, 7) is 5.69. The van der Waals surface area contributed by atoms with Gasteiger partial charge in [-0.1, -0.05) is 13.8 Å². The highest BCUT2D eigenvalue weighted by Gasteiger charge is 2.29. The highest BCUT2D eigenvalue weighted by atomic mass is 16.3. The summed E-state index contributed by atoms with van der Waals surface area (Å²) in [5.74, 6) is 0.715. The normalized spacial score (nSPS) is 26.2. The Morgan fingerprint density at radius 3 is 2.69 bits per heavy atom. The molecule has 1 aliphatic heterocycles. The molecule has 16 heavy (non-hydrogen) atoms. The van der Waals surface area contributed by atoms with Gasteiger partial charge in [-0.25, -0.2) is 0 Å². The Kier molecular flexibility index (Phi) is 5.22. The average molecular weight is 228 g/mol. The monoisotopic (exact) mass is 228 g/mol. The molecule has 1 aliphatic rings. The number of hydrogen-bond donors (Lipinski definition) is 2. The fourth-order valence-electron chi connectivity index (χ4n) is 2.35. The van der Waals surface area contributed by atoms with Gasteiger partial charge in [0, 0.05) is 31.7 Å². The van der Waals surface area contributed by atoms with Gasteiger partial charge in [-0.05, 0) is 25.8 Å². The van der Waals surface area contributed by atoms with Gasteiger partial charge in [0.15, 0.2) is 0 Å². The van der Waals surface area contributed by atoms with Crippen LogP contribution in [0.1, 0.15) is 26.7 Å². The lowest BCUT2D eigenvalue weighted by molar-refractivity contribution is -0.137. The van der Waals surface area contributed by atoms with E-state index in [9.17, 15) is 4.79 Å². The Morgan fingerprint density at radius 1 is 1.50 bits per heavy atom. The molecule has 1 rings (SSSR count). The molecule has 0 bridgehead atoms. The lowest BCUT2D eigenvalue weighted by Gasteiger charge is -2.38. The zero-order chi connectivity index (χ0) is 12.1. The molecule has 0 radical (unpaired) electrons. The van der Waals surface area contributed by atoms with Gasteiger partial charge in [0.2, 0.25) is 5.91 Å². The number of hydrogen-bond acceptors (Lipinski definition) is 3. The summed E-state index contributed by atoms with van der Waals surface area (Å²) in [5, 5.41) is 12.2. The van der Waals surface area contributed by atoms with E-state index in [-0.39, 0.29) is 18.4 Å². The summed E-state index contributed by atoms with van der Waals surface area (Å²) < 4.78 is 0. The molecule has 0 aromatic heterocycles. The van der Waals surface area contributed by atoms with Crippen LogP contribution in [0.2, 0.25) is 0 Å². The number of nitrogens with zero attached hydrogens (tertiary/aromatic N) is 1. The van der Waals surface area contributed by atoms with Gasteiger partial charge in [0.05, 0.1) is 0 Å². The zero-order valence-electron chi connectivity index (χ0n) is 10.6. The fourth-order valence-corrected chi connectivity index (χ4v) is 2.35. The van der Waals surface area contributed by atoms with E-state index in [1.807, 2.05) is 25.8 Å². The van der Waals surface area contributed by atoms with E-state index in [4.69, 9.17) is 5.11 Å². The molecule has 4 heteroatoms. The summed E-state index contributed by atoms with van der Waals surface area (Å²) in [7, 11) is 1.93. The molecule has 0 aromatic rings. The summed E-state index contributed by atoms with van der Waals surface area (Å²) in [6, 6.07) is 0.369. The molecule has 1 heterocycles. The summed E-state index contributed by atoms with van der Waals surface area (Å²) >= 11 is 0. The van der Waals surface area contributed by atoms with Gasteiger partial charge < -0.3 is 15.3 Å². The molecule has 2 atom stereocenters. The van der Waals surface area contributed by atoms with E-state index < -0.39 is 0 Å². The maximum absolute atomic E-state index is 11.9. The van der Waals surface area contributed by atoms with E-state index in [2.05, 4.69) is 5.32 Å². The van der Waals surface area contributed by atoms with Gasteiger partial charge in [0.25, 0.3) is 0 Å². The minimum atomic E-state index is 0.0605. The first kappa shape index (κ1) is 13.5. The van der Waals surface area contributed by atoms with Crippen LogP contribution in [-0.4, -0.2) is 48.7 Å². The second-order valence-electron chi connectivity index (χ2n) is 5.00. The van der Waals surface area contributed by atoms with Crippen LogP contribution < -0.4 is 5.32 Å². The van der Waals surface area contributed by atoms with Crippen molar-refractivity contribution in [1.29, 1.82) is 0 Å². The summed E-state index contributed by atoms with van der Waals surface area (Å²) in [4.78, 5) is 13.9. The standard InChI is InChI=1S/C12H24N2O2/c1-9(2)12(16)14-7-10(4-5-15)6-11(8-14)13-3/h9-11,13,15H,4-8H2,1-3H3. The molecule has 94 valence electrons. The molecule has 0 aromatic carbocycles. The van der Waals surface area contributed by atoms with Crippen LogP contribution in [0.4, 0.5) is 0 Å². The summed E-state index contributed by atoms with van der Waals surface area (Å²) in [5.41, 5.74) is 0.